The quantitative estimate of drug-likeness (QED) is 0.488. The van der Waals surface area contributed by atoms with Gasteiger partial charge in [0.2, 0.25) is 0 Å². The van der Waals surface area contributed by atoms with Crippen LogP contribution in [0.3, 0.4) is 0 Å². The molecule has 4 heterocycles. The lowest BCUT2D eigenvalue weighted by molar-refractivity contribution is 0.0575. The van der Waals surface area contributed by atoms with Crippen molar-refractivity contribution in [1.82, 2.24) is 14.3 Å². The fourth-order valence-electron chi connectivity index (χ4n) is 6.86. The minimum absolute atomic E-state index is 0.0535. The van der Waals surface area contributed by atoms with Crippen LogP contribution in [0.5, 0.6) is 0 Å². The first kappa shape index (κ1) is 25.3. The maximum Gasteiger partial charge on any atom is 0.254 e. The molecule has 2 fully saturated rings. The maximum atomic E-state index is 13.2. The molecule has 3 aromatic rings. The van der Waals surface area contributed by atoms with Crippen LogP contribution in [0.1, 0.15) is 84.2 Å². The average Bonchev–Trinajstić information content (AvgIpc) is 3.20. The van der Waals surface area contributed by atoms with Gasteiger partial charge in [0.15, 0.2) is 0 Å². The van der Waals surface area contributed by atoms with E-state index in [4.69, 9.17) is 15.5 Å². The maximum absolute atomic E-state index is 13.2. The van der Waals surface area contributed by atoms with Gasteiger partial charge in [-0.25, -0.2) is 4.98 Å². The van der Waals surface area contributed by atoms with E-state index >= 15 is 0 Å². The molecule has 6 rings (SSSR count). The van der Waals surface area contributed by atoms with Crippen LogP contribution in [0.2, 0.25) is 0 Å². The van der Waals surface area contributed by atoms with Crippen molar-refractivity contribution in [3.05, 3.63) is 70.7 Å². The molecule has 38 heavy (non-hydrogen) atoms. The molecule has 0 radical (unpaired) electrons. The van der Waals surface area contributed by atoms with Crippen LogP contribution in [0, 0.1) is 18.8 Å². The van der Waals surface area contributed by atoms with E-state index in [9.17, 15) is 4.79 Å². The van der Waals surface area contributed by atoms with Crippen LogP contribution in [0.4, 0.5) is 0 Å². The number of likely N-dealkylation sites (tertiary alicyclic amines) is 1. The molecule has 0 bridgehead atoms. The number of nitrogens with zero attached hydrogens (tertiary/aromatic N) is 3. The predicted octanol–water partition coefficient (Wildman–Crippen LogP) is 5.69. The SMILES string of the molecule is Cc1c(C2=Cc3ccccc3C(C)C(CC3CCOCC3)C2)nc2cc(C(=O)N3CCC[C@@H](N)C3)ccn12. The largest absolute Gasteiger partial charge is 0.381 e. The molecule has 6 nitrogen and oxygen atoms in total. The van der Waals surface area contributed by atoms with Gasteiger partial charge in [-0.05, 0) is 98.1 Å². The lowest BCUT2D eigenvalue weighted by Crippen LogP contribution is -2.45. The zero-order valence-electron chi connectivity index (χ0n) is 22.7. The lowest BCUT2D eigenvalue weighted by atomic mass is 9.77. The molecule has 3 atom stereocenters. The number of carbonyl (C=O) groups is 1. The molecule has 2 aromatic heterocycles. The van der Waals surface area contributed by atoms with Gasteiger partial charge in [-0.3, -0.25) is 4.79 Å². The van der Waals surface area contributed by atoms with Gasteiger partial charge in [0.1, 0.15) is 5.65 Å². The Balaban J connectivity index is 1.34. The molecule has 2 N–H and O–H groups in total. The standard InChI is InChI=1S/C32H40N4O2/c1-21-26(16-23-10-14-38-15-11-23)18-27(17-24-6-3-4-8-29(21)24)31-22(2)36-13-9-25(19-30(36)34-31)32(37)35-12-5-7-28(33)20-35/h3-4,6,8-9,13,17,19,21,23,26,28H,5,7,10-12,14-16,18,20,33H2,1-2H3/t21?,26?,28-/m1/s1. The predicted molar refractivity (Wildman–Crippen MR) is 152 cm³/mol. The summed E-state index contributed by atoms with van der Waals surface area (Å²) >= 11 is 0. The van der Waals surface area contributed by atoms with Crippen LogP contribution in [0.25, 0.3) is 17.3 Å². The highest BCUT2D eigenvalue weighted by Gasteiger charge is 2.30. The van der Waals surface area contributed by atoms with E-state index in [-0.39, 0.29) is 11.9 Å². The Labute approximate surface area is 225 Å². The summed E-state index contributed by atoms with van der Waals surface area (Å²) < 4.78 is 7.78. The van der Waals surface area contributed by atoms with E-state index in [1.165, 1.54) is 23.1 Å². The summed E-state index contributed by atoms with van der Waals surface area (Å²) in [6.07, 6.45) is 10.9. The summed E-state index contributed by atoms with van der Waals surface area (Å²) in [5.74, 6) is 1.82. The molecular weight excluding hydrogens is 472 g/mol. The number of nitrogens with two attached hydrogens (primary N) is 1. The van der Waals surface area contributed by atoms with E-state index < -0.39 is 0 Å². The van der Waals surface area contributed by atoms with Gasteiger partial charge in [0, 0.05) is 49.8 Å². The third kappa shape index (κ3) is 4.92. The van der Waals surface area contributed by atoms with Crippen LogP contribution < -0.4 is 5.73 Å². The molecule has 6 heteroatoms. The molecule has 0 saturated carbocycles. The van der Waals surface area contributed by atoms with Crippen LogP contribution in [-0.2, 0) is 4.74 Å². The molecule has 2 aliphatic heterocycles. The topological polar surface area (TPSA) is 72.9 Å². The Morgan fingerprint density at radius 3 is 2.79 bits per heavy atom. The molecule has 2 saturated heterocycles. The first-order valence-electron chi connectivity index (χ1n) is 14.4. The highest BCUT2D eigenvalue weighted by atomic mass is 16.5. The van der Waals surface area contributed by atoms with Crippen molar-refractivity contribution in [2.24, 2.45) is 17.6 Å². The van der Waals surface area contributed by atoms with Gasteiger partial charge < -0.3 is 19.8 Å². The number of aryl methyl sites for hydroxylation is 1. The van der Waals surface area contributed by atoms with Gasteiger partial charge in [-0.15, -0.1) is 0 Å². The number of aromatic nitrogens is 2. The van der Waals surface area contributed by atoms with Crippen molar-refractivity contribution < 1.29 is 9.53 Å². The second kappa shape index (κ2) is 10.7. The van der Waals surface area contributed by atoms with E-state index in [0.717, 1.165) is 74.8 Å². The highest BCUT2D eigenvalue weighted by molar-refractivity contribution is 5.95. The number of imidazole rings is 1. The van der Waals surface area contributed by atoms with Crippen molar-refractivity contribution in [3.63, 3.8) is 0 Å². The van der Waals surface area contributed by atoms with Gasteiger partial charge in [0.05, 0.1) is 5.69 Å². The number of benzene rings is 1. The van der Waals surface area contributed by atoms with Crippen molar-refractivity contribution in [3.8, 4) is 0 Å². The van der Waals surface area contributed by atoms with Gasteiger partial charge in [-0.2, -0.15) is 0 Å². The number of carbonyl (C=O) groups excluding carboxylic acids is 1. The molecule has 3 aliphatic rings. The Morgan fingerprint density at radius 1 is 1.16 bits per heavy atom. The number of rotatable bonds is 4. The summed E-state index contributed by atoms with van der Waals surface area (Å²) in [6, 6.07) is 12.8. The van der Waals surface area contributed by atoms with Gasteiger partial charge in [0.25, 0.3) is 5.91 Å². The Morgan fingerprint density at radius 2 is 1.97 bits per heavy atom. The van der Waals surface area contributed by atoms with Crippen LogP contribution in [0.15, 0.2) is 42.6 Å². The fraction of sp³-hybridized carbons (Fsp3) is 0.500. The van der Waals surface area contributed by atoms with Crippen molar-refractivity contribution >= 4 is 23.2 Å². The number of allylic oxidation sites excluding steroid dienone is 1. The zero-order chi connectivity index (χ0) is 26.2. The van der Waals surface area contributed by atoms with Crippen molar-refractivity contribution in [2.45, 2.75) is 64.3 Å². The summed E-state index contributed by atoms with van der Waals surface area (Å²) in [5.41, 5.74) is 13.9. The summed E-state index contributed by atoms with van der Waals surface area (Å²) in [6.45, 7) is 7.73. The minimum Gasteiger partial charge on any atom is -0.381 e. The van der Waals surface area contributed by atoms with Crippen molar-refractivity contribution in [1.29, 1.82) is 0 Å². The summed E-state index contributed by atoms with van der Waals surface area (Å²) in [4.78, 5) is 20.3. The third-order valence-corrected chi connectivity index (χ3v) is 9.14. The van der Waals surface area contributed by atoms with Crippen LogP contribution >= 0.6 is 0 Å². The highest BCUT2D eigenvalue weighted by Crippen LogP contribution is 2.43. The minimum atomic E-state index is 0.0535. The molecular formula is C32H40N4O2. The van der Waals surface area contributed by atoms with E-state index in [1.807, 2.05) is 23.2 Å². The first-order valence-corrected chi connectivity index (χ1v) is 14.4. The number of pyridine rings is 1. The van der Waals surface area contributed by atoms with Crippen molar-refractivity contribution in [2.75, 3.05) is 26.3 Å². The Hall–Kier alpha value is -2.96. The van der Waals surface area contributed by atoms with Gasteiger partial charge >= 0.3 is 0 Å². The second-order valence-corrected chi connectivity index (χ2v) is 11.7. The third-order valence-electron chi connectivity index (χ3n) is 9.14. The number of hydrogen-bond acceptors (Lipinski definition) is 4. The summed E-state index contributed by atoms with van der Waals surface area (Å²) in [7, 11) is 0. The number of hydrogen-bond donors (Lipinski definition) is 1. The Kier molecular flexibility index (Phi) is 7.10. The van der Waals surface area contributed by atoms with E-state index in [1.54, 1.807) is 0 Å². The average molecular weight is 513 g/mol. The number of piperidine rings is 1. The molecule has 1 aromatic carbocycles. The molecule has 0 spiro atoms. The van der Waals surface area contributed by atoms with E-state index in [2.05, 4.69) is 48.6 Å². The fourth-order valence-corrected chi connectivity index (χ4v) is 6.86. The van der Waals surface area contributed by atoms with Crippen LogP contribution in [-0.4, -0.2) is 52.5 Å². The molecule has 1 aliphatic carbocycles. The number of amides is 1. The van der Waals surface area contributed by atoms with Gasteiger partial charge in [-0.1, -0.05) is 31.2 Å². The van der Waals surface area contributed by atoms with E-state index in [0.29, 0.717) is 23.9 Å². The molecule has 200 valence electrons. The lowest BCUT2D eigenvalue weighted by Gasteiger charge is -2.30. The normalized spacial score (nSPS) is 24.7. The first-order chi connectivity index (χ1) is 18.5. The number of fused-ring (bicyclic) bond motifs is 2. The smallest absolute Gasteiger partial charge is 0.254 e. The molecule has 2 unspecified atom stereocenters. The monoisotopic (exact) mass is 512 g/mol. The second-order valence-electron chi connectivity index (χ2n) is 11.7. The molecule has 1 amide bonds. The Bertz CT molecular complexity index is 1350. The summed E-state index contributed by atoms with van der Waals surface area (Å²) in [5, 5.41) is 0. The number of ether oxygens (including phenoxy) is 1. The zero-order valence-corrected chi connectivity index (χ0v) is 22.7.